The summed E-state index contributed by atoms with van der Waals surface area (Å²) in [5.74, 6) is -0.305. The van der Waals surface area contributed by atoms with E-state index in [-0.39, 0.29) is 17.6 Å². The Morgan fingerprint density at radius 3 is 2.80 bits per heavy atom. The lowest BCUT2D eigenvalue weighted by molar-refractivity contribution is 0.0684. The van der Waals surface area contributed by atoms with Crippen LogP contribution in [-0.4, -0.2) is 54.9 Å². The number of nitrogens with zero attached hydrogens (tertiary/aromatic N) is 4. The number of rotatable bonds is 4. The Labute approximate surface area is 211 Å². The van der Waals surface area contributed by atoms with Crippen LogP contribution in [0, 0.1) is 12.8 Å². The van der Waals surface area contributed by atoms with Gasteiger partial charge >= 0.3 is 5.97 Å². The second-order valence-electron chi connectivity index (χ2n) is 8.70. The smallest absolute Gasteiger partial charge is 0.354 e. The third-order valence-corrected chi connectivity index (χ3v) is 7.63. The number of imidazole rings is 1. The van der Waals surface area contributed by atoms with E-state index in [0.717, 1.165) is 28.3 Å². The largest absolute Gasteiger partial charge is 0.477 e. The number of amides is 1. The van der Waals surface area contributed by atoms with Crippen LogP contribution >= 0.6 is 22.9 Å². The van der Waals surface area contributed by atoms with Crippen LogP contribution in [-0.2, 0) is 0 Å². The molecular formula is C25H24ClN5O3S. The second kappa shape index (κ2) is 9.41. The zero-order valence-corrected chi connectivity index (χ0v) is 20.5. The molecule has 10 heteroatoms. The fourth-order valence-corrected chi connectivity index (χ4v) is 5.79. The number of carboxylic acids is 1. The predicted molar refractivity (Wildman–Crippen MR) is 135 cm³/mol. The molecule has 35 heavy (non-hydrogen) atoms. The molecule has 2 aliphatic rings. The average molecular weight is 510 g/mol. The van der Waals surface area contributed by atoms with Crippen molar-refractivity contribution in [1.82, 2.24) is 19.3 Å². The van der Waals surface area contributed by atoms with Gasteiger partial charge in [0.1, 0.15) is 11.3 Å². The van der Waals surface area contributed by atoms with Gasteiger partial charge in [-0.25, -0.2) is 14.8 Å². The van der Waals surface area contributed by atoms with Crippen molar-refractivity contribution < 1.29 is 14.7 Å². The van der Waals surface area contributed by atoms with Gasteiger partial charge in [-0.05, 0) is 55.5 Å². The van der Waals surface area contributed by atoms with E-state index in [2.05, 4.69) is 9.97 Å². The molecule has 1 aromatic carbocycles. The molecule has 0 unspecified atom stereocenters. The summed E-state index contributed by atoms with van der Waals surface area (Å²) in [7, 11) is 0. The minimum atomic E-state index is -0.964. The first-order valence-corrected chi connectivity index (χ1v) is 12.5. The Hall–Kier alpha value is -3.27. The SMILES string of the molecule is Cc1nc(C(=O)N2[C@H](CN)C[C@@H]3C[C@@H]32)c(-c2cccc(Cl)c2)s1.O=C(O)c1cnc2ccccn12. The molecule has 3 N–H and O–H groups in total. The third-order valence-electron chi connectivity index (χ3n) is 6.38. The van der Waals surface area contributed by atoms with Gasteiger partial charge < -0.3 is 15.7 Å². The van der Waals surface area contributed by atoms with Crippen molar-refractivity contribution in [3.8, 4) is 10.4 Å². The highest BCUT2D eigenvalue weighted by Gasteiger charge is 2.54. The lowest BCUT2D eigenvalue weighted by Gasteiger charge is -2.26. The molecule has 1 amide bonds. The number of carbonyl (C=O) groups is 2. The van der Waals surface area contributed by atoms with Crippen LogP contribution in [0.2, 0.25) is 5.02 Å². The maximum Gasteiger partial charge on any atom is 0.354 e. The number of hydrogen-bond donors (Lipinski definition) is 2. The lowest BCUT2D eigenvalue weighted by Crippen LogP contribution is -2.42. The Morgan fingerprint density at radius 1 is 1.23 bits per heavy atom. The quantitative estimate of drug-likeness (QED) is 0.422. The topological polar surface area (TPSA) is 114 Å². The van der Waals surface area contributed by atoms with E-state index in [1.165, 1.54) is 21.9 Å². The molecule has 1 aliphatic heterocycles. The monoisotopic (exact) mass is 509 g/mol. The fraction of sp³-hybridized carbons (Fsp3) is 0.280. The number of piperidine rings is 1. The average Bonchev–Trinajstić information content (AvgIpc) is 3.18. The van der Waals surface area contributed by atoms with Crippen molar-refractivity contribution in [2.45, 2.75) is 31.8 Å². The van der Waals surface area contributed by atoms with Crippen LogP contribution < -0.4 is 5.73 Å². The number of pyridine rings is 1. The third kappa shape index (κ3) is 4.54. The van der Waals surface area contributed by atoms with Gasteiger partial charge in [-0.3, -0.25) is 9.20 Å². The summed E-state index contributed by atoms with van der Waals surface area (Å²) in [4.78, 5) is 35.1. The zero-order chi connectivity index (χ0) is 24.7. The molecule has 6 rings (SSSR count). The Balaban J connectivity index is 0.000000178. The number of aromatic nitrogens is 3. The maximum atomic E-state index is 13.1. The summed E-state index contributed by atoms with van der Waals surface area (Å²) in [5, 5.41) is 10.3. The minimum absolute atomic E-state index is 0.0183. The number of carboxylic acid groups (broad SMARTS) is 1. The fourth-order valence-electron chi connectivity index (χ4n) is 4.70. The molecule has 0 bridgehead atoms. The van der Waals surface area contributed by atoms with Crippen LogP contribution in [0.25, 0.3) is 16.1 Å². The van der Waals surface area contributed by atoms with E-state index < -0.39 is 5.97 Å². The molecule has 1 saturated heterocycles. The van der Waals surface area contributed by atoms with Gasteiger partial charge in [0.05, 0.1) is 16.1 Å². The van der Waals surface area contributed by atoms with Crippen LogP contribution in [0.5, 0.6) is 0 Å². The van der Waals surface area contributed by atoms with E-state index >= 15 is 0 Å². The second-order valence-corrected chi connectivity index (χ2v) is 10.3. The van der Waals surface area contributed by atoms with Gasteiger partial charge in [0, 0.05) is 29.8 Å². The van der Waals surface area contributed by atoms with Crippen LogP contribution in [0.4, 0.5) is 0 Å². The molecule has 1 aliphatic carbocycles. The first-order chi connectivity index (χ1) is 16.9. The number of nitrogens with two attached hydrogens (primary N) is 1. The molecule has 3 atom stereocenters. The first kappa shape index (κ1) is 23.5. The predicted octanol–water partition coefficient (Wildman–Crippen LogP) is 4.37. The van der Waals surface area contributed by atoms with Crippen molar-refractivity contribution in [2.75, 3.05) is 6.54 Å². The van der Waals surface area contributed by atoms with E-state index in [1.54, 1.807) is 18.3 Å². The van der Waals surface area contributed by atoms with Gasteiger partial charge in [-0.1, -0.05) is 29.8 Å². The number of aromatic carboxylic acids is 1. The Kier molecular flexibility index (Phi) is 6.31. The molecular weight excluding hydrogens is 486 g/mol. The number of halogens is 1. The Morgan fingerprint density at radius 2 is 2.06 bits per heavy atom. The highest BCUT2D eigenvalue weighted by Crippen LogP contribution is 2.48. The molecule has 3 aromatic heterocycles. The molecule has 8 nitrogen and oxygen atoms in total. The Bertz CT molecular complexity index is 1420. The normalized spacial score (nSPS) is 20.3. The molecule has 0 radical (unpaired) electrons. The number of aryl methyl sites for hydroxylation is 1. The van der Waals surface area contributed by atoms with Crippen molar-refractivity contribution in [1.29, 1.82) is 0 Å². The molecule has 2 fully saturated rings. The van der Waals surface area contributed by atoms with E-state index in [0.29, 0.717) is 34.9 Å². The molecule has 0 spiro atoms. The van der Waals surface area contributed by atoms with E-state index in [4.69, 9.17) is 22.4 Å². The summed E-state index contributed by atoms with van der Waals surface area (Å²) < 4.78 is 1.53. The van der Waals surface area contributed by atoms with Gasteiger partial charge in [-0.15, -0.1) is 11.3 Å². The standard InChI is InChI=1S/C17H18ClN3OS.C8H6N2O2/c1-9-20-15(16(23-9)10-3-2-4-12(18)5-10)17(22)21-13(8-19)6-11-7-14(11)21;11-8(12)6-5-9-7-3-1-2-4-10(6)7/h2-5,11,13-14H,6-8,19H2,1H3;1-5H,(H,11,12)/t11-,13+,14+;/m1./s1. The summed E-state index contributed by atoms with van der Waals surface area (Å²) in [5.41, 5.74) is 8.19. The van der Waals surface area contributed by atoms with Crippen LogP contribution in [0.1, 0.15) is 38.8 Å². The van der Waals surface area contributed by atoms with Gasteiger partial charge in [0.2, 0.25) is 0 Å². The molecule has 1 saturated carbocycles. The van der Waals surface area contributed by atoms with E-state index in [9.17, 15) is 9.59 Å². The number of fused-ring (bicyclic) bond motifs is 2. The summed E-state index contributed by atoms with van der Waals surface area (Å²) >= 11 is 7.65. The number of carbonyl (C=O) groups excluding carboxylic acids is 1. The first-order valence-electron chi connectivity index (χ1n) is 11.3. The molecule has 180 valence electrons. The van der Waals surface area contributed by atoms with Crippen molar-refractivity contribution in [3.05, 3.63) is 76.3 Å². The minimum Gasteiger partial charge on any atom is -0.477 e. The van der Waals surface area contributed by atoms with Crippen LogP contribution in [0.3, 0.4) is 0 Å². The zero-order valence-electron chi connectivity index (χ0n) is 19.0. The highest BCUT2D eigenvalue weighted by atomic mass is 35.5. The molecule has 4 aromatic rings. The summed E-state index contributed by atoms with van der Waals surface area (Å²) in [6.45, 7) is 2.45. The van der Waals surface area contributed by atoms with Gasteiger partial charge in [0.15, 0.2) is 5.69 Å². The van der Waals surface area contributed by atoms with E-state index in [1.807, 2.05) is 42.2 Å². The number of thiazole rings is 1. The number of hydrogen-bond acceptors (Lipinski definition) is 6. The lowest BCUT2D eigenvalue weighted by atomic mass is 10.1. The molecule has 4 heterocycles. The number of likely N-dealkylation sites (tertiary alicyclic amines) is 1. The highest BCUT2D eigenvalue weighted by molar-refractivity contribution is 7.15. The summed E-state index contributed by atoms with van der Waals surface area (Å²) in [6.07, 6.45) is 5.16. The van der Waals surface area contributed by atoms with Crippen LogP contribution in [0.15, 0.2) is 54.9 Å². The van der Waals surface area contributed by atoms with Crippen molar-refractivity contribution in [3.63, 3.8) is 0 Å². The summed E-state index contributed by atoms with van der Waals surface area (Å²) in [6, 6.07) is 13.4. The maximum absolute atomic E-state index is 13.1. The van der Waals surface area contributed by atoms with Crippen molar-refractivity contribution in [2.24, 2.45) is 11.7 Å². The van der Waals surface area contributed by atoms with Crippen molar-refractivity contribution >= 4 is 40.5 Å². The number of benzene rings is 1. The van der Waals surface area contributed by atoms with Gasteiger partial charge in [0.25, 0.3) is 5.91 Å². The van der Waals surface area contributed by atoms with Gasteiger partial charge in [-0.2, -0.15) is 0 Å².